The minimum absolute atomic E-state index is 0. The normalized spacial score (nSPS) is 17.2. The first-order valence-electron chi connectivity index (χ1n) is 8.92. The molecule has 0 aliphatic carbocycles. The van der Waals surface area contributed by atoms with Crippen LogP contribution in [0.5, 0.6) is 11.5 Å². The maximum absolute atomic E-state index is 10.8. The second kappa shape index (κ2) is 9.74. The molecule has 6 heteroatoms. The number of ether oxygens (including phenoxy) is 2. The van der Waals surface area contributed by atoms with E-state index in [2.05, 4.69) is 17.0 Å². The summed E-state index contributed by atoms with van der Waals surface area (Å²) in [7, 11) is 0. The van der Waals surface area contributed by atoms with Gasteiger partial charge in [-0.1, -0.05) is 24.3 Å². The van der Waals surface area contributed by atoms with Gasteiger partial charge in [-0.25, -0.2) is 0 Å². The molecule has 1 aliphatic rings. The number of carboxylic acids is 1. The molecule has 1 fully saturated rings. The van der Waals surface area contributed by atoms with Crippen LogP contribution in [0.3, 0.4) is 0 Å². The highest BCUT2D eigenvalue weighted by Crippen LogP contribution is 2.29. The highest BCUT2D eigenvalue weighted by molar-refractivity contribution is 5.85. The van der Waals surface area contributed by atoms with Crippen molar-refractivity contribution in [3.05, 3.63) is 59.2 Å². The van der Waals surface area contributed by atoms with Gasteiger partial charge in [0, 0.05) is 19.6 Å². The van der Waals surface area contributed by atoms with E-state index in [4.69, 9.17) is 14.6 Å². The van der Waals surface area contributed by atoms with Crippen molar-refractivity contribution < 1.29 is 19.4 Å². The van der Waals surface area contributed by atoms with E-state index in [1.807, 2.05) is 44.2 Å². The number of hydrogen-bond acceptors (Lipinski definition) is 4. The first-order chi connectivity index (χ1) is 12.5. The van der Waals surface area contributed by atoms with Crippen LogP contribution in [0.25, 0.3) is 0 Å². The molecule has 3 rings (SSSR count). The van der Waals surface area contributed by atoms with Crippen LogP contribution in [-0.4, -0.2) is 42.2 Å². The molecule has 0 radical (unpaired) electrons. The lowest BCUT2D eigenvalue weighted by molar-refractivity contribution is -0.137. The van der Waals surface area contributed by atoms with Gasteiger partial charge >= 0.3 is 5.97 Å². The zero-order valence-electron chi connectivity index (χ0n) is 15.7. The Bertz CT molecular complexity index is 763. The average Bonchev–Trinajstić information content (AvgIpc) is 2.64. The smallest absolute Gasteiger partial charge is 0.304 e. The van der Waals surface area contributed by atoms with E-state index in [9.17, 15) is 4.79 Å². The van der Waals surface area contributed by atoms with Crippen molar-refractivity contribution in [2.45, 2.75) is 26.4 Å². The fraction of sp³-hybridized carbons (Fsp3) is 0.381. The second-order valence-corrected chi connectivity index (χ2v) is 6.74. The highest BCUT2D eigenvalue weighted by Gasteiger charge is 2.22. The molecule has 1 N–H and O–H groups in total. The molecule has 0 aromatic heterocycles. The summed E-state index contributed by atoms with van der Waals surface area (Å²) in [6, 6.07) is 14.1. The Morgan fingerprint density at radius 1 is 1.22 bits per heavy atom. The summed E-state index contributed by atoms with van der Waals surface area (Å²) in [6.07, 6.45) is 0.127. The monoisotopic (exact) mass is 391 g/mol. The molecular formula is C21H26ClNO4. The van der Waals surface area contributed by atoms with E-state index >= 15 is 0 Å². The third kappa shape index (κ3) is 5.96. The summed E-state index contributed by atoms with van der Waals surface area (Å²) >= 11 is 0. The first kappa shape index (κ1) is 21.2. The summed E-state index contributed by atoms with van der Waals surface area (Å²) in [6.45, 7) is 6.74. The predicted molar refractivity (Wildman–Crippen MR) is 107 cm³/mol. The number of rotatable bonds is 6. The van der Waals surface area contributed by atoms with E-state index in [-0.39, 0.29) is 24.9 Å². The second-order valence-electron chi connectivity index (χ2n) is 6.74. The SMILES string of the molecule is Cc1ccc(C)c(Oc2ccc(C3CN(CCC(=O)O)CCO3)cc2)c1.Cl. The molecule has 2 aromatic rings. The van der Waals surface area contributed by atoms with Crippen LogP contribution >= 0.6 is 12.4 Å². The number of aryl methyl sites for hydroxylation is 2. The van der Waals surface area contributed by atoms with Gasteiger partial charge in [-0.3, -0.25) is 9.69 Å². The fourth-order valence-electron chi connectivity index (χ4n) is 3.06. The zero-order chi connectivity index (χ0) is 18.5. The van der Waals surface area contributed by atoms with Gasteiger partial charge in [0.15, 0.2) is 0 Å². The van der Waals surface area contributed by atoms with Crippen molar-refractivity contribution >= 4 is 18.4 Å². The lowest BCUT2D eigenvalue weighted by atomic mass is 10.1. The minimum atomic E-state index is -0.763. The summed E-state index contributed by atoms with van der Waals surface area (Å²) in [4.78, 5) is 12.9. The Balaban J connectivity index is 0.00000261. The largest absolute Gasteiger partial charge is 0.481 e. The van der Waals surface area contributed by atoms with Gasteiger partial charge in [0.05, 0.1) is 19.1 Å². The zero-order valence-corrected chi connectivity index (χ0v) is 16.5. The molecule has 0 bridgehead atoms. The van der Waals surface area contributed by atoms with E-state index in [0.717, 1.165) is 29.2 Å². The van der Waals surface area contributed by atoms with Crippen molar-refractivity contribution in [3.8, 4) is 11.5 Å². The molecule has 0 saturated carbocycles. The minimum Gasteiger partial charge on any atom is -0.481 e. The number of halogens is 1. The van der Waals surface area contributed by atoms with Crippen LogP contribution < -0.4 is 4.74 Å². The average molecular weight is 392 g/mol. The fourth-order valence-corrected chi connectivity index (χ4v) is 3.06. The molecule has 1 aliphatic heterocycles. The molecule has 27 heavy (non-hydrogen) atoms. The van der Waals surface area contributed by atoms with Gasteiger partial charge < -0.3 is 14.6 Å². The van der Waals surface area contributed by atoms with Gasteiger partial charge in [-0.2, -0.15) is 0 Å². The molecule has 1 unspecified atom stereocenters. The number of carbonyl (C=O) groups is 1. The Morgan fingerprint density at radius 3 is 2.67 bits per heavy atom. The van der Waals surface area contributed by atoms with Gasteiger partial charge in [0.2, 0.25) is 0 Å². The Kier molecular flexibility index (Phi) is 7.66. The molecule has 146 valence electrons. The Hall–Kier alpha value is -2.08. The van der Waals surface area contributed by atoms with E-state index in [1.165, 1.54) is 5.56 Å². The van der Waals surface area contributed by atoms with E-state index in [0.29, 0.717) is 19.7 Å². The van der Waals surface area contributed by atoms with Crippen LogP contribution in [0.2, 0.25) is 0 Å². The lowest BCUT2D eigenvalue weighted by Gasteiger charge is -2.32. The maximum Gasteiger partial charge on any atom is 0.304 e. The van der Waals surface area contributed by atoms with Gasteiger partial charge in [0.1, 0.15) is 11.5 Å². The predicted octanol–water partition coefficient (Wildman–Crippen LogP) is 4.37. The molecule has 1 saturated heterocycles. The number of hydrogen-bond donors (Lipinski definition) is 1. The summed E-state index contributed by atoms with van der Waals surface area (Å²) in [5, 5.41) is 8.84. The molecule has 2 aromatic carbocycles. The van der Waals surface area contributed by atoms with Crippen LogP contribution in [0.4, 0.5) is 0 Å². The van der Waals surface area contributed by atoms with Crippen LogP contribution in [0.15, 0.2) is 42.5 Å². The Morgan fingerprint density at radius 2 is 1.96 bits per heavy atom. The quantitative estimate of drug-likeness (QED) is 0.792. The van der Waals surface area contributed by atoms with Gasteiger partial charge in [0.25, 0.3) is 0 Å². The molecule has 0 spiro atoms. The topological polar surface area (TPSA) is 59.0 Å². The van der Waals surface area contributed by atoms with E-state index < -0.39 is 5.97 Å². The van der Waals surface area contributed by atoms with Crippen molar-refractivity contribution in [2.75, 3.05) is 26.2 Å². The van der Waals surface area contributed by atoms with Gasteiger partial charge in [-0.05, 0) is 48.7 Å². The van der Waals surface area contributed by atoms with Crippen molar-refractivity contribution in [3.63, 3.8) is 0 Å². The van der Waals surface area contributed by atoms with Crippen molar-refractivity contribution in [1.29, 1.82) is 0 Å². The van der Waals surface area contributed by atoms with Crippen molar-refractivity contribution in [2.24, 2.45) is 0 Å². The van der Waals surface area contributed by atoms with E-state index in [1.54, 1.807) is 0 Å². The standard InChI is InChI=1S/C21H25NO4.ClH/c1-15-3-4-16(2)19(13-15)26-18-7-5-17(6-8-18)20-14-22(11-12-25-20)10-9-21(23)24;/h3-8,13,20H,9-12,14H2,1-2H3,(H,23,24);1H. The summed E-state index contributed by atoms with van der Waals surface area (Å²) < 4.78 is 11.9. The first-order valence-corrected chi connectivity index (χ1v) is 8.92. The number of aliphatic carboxylic acids is 1. The molecule has 1 heterocycles. The lowest BCUT2D eigenvalue weighted by Crippen LogP contribution is -2.39. The van der Waals surface area contributed by atoms with Crippen LogP contribution in [0.1, 0.15) is 29.2 Å². The molecular weight excluding hydrogens is 366 g/mol. The van der Waals surface area contributed by atoms with Crippen molar-refractivity contribution in [1.82, 2.24) is 4.90 Å². The third-order valence-electron chi connectivity index (χ3n) is 4.62. The summed E-state index contributed by atoms with van der Waals surface area (Å²) in [5.41, 5.74) is 3.35. The number of benzene rings is 2. The maximum atomic E-state index is 10.8. The Labute approximate surface area is 166 Å². The third-order valence-corrected chi connectivity index (χ3v) is 4.62. The van der Waals surface area contributed by atoms with Crippen LogP contribution in [-0.2, 0) is 9.53 Å². The molecule has 0 amide bonds. The van der Waals surface area contributed by atoms with Gasteiger partial charge in [-0.15, -0.1) is 12.4 Å². The number of nitrogens with zero attached hydrogens (tertiary/aromatic N) is 1. The number of morpholine rings is 1. The van der Waals surface area contributed by atoms with Crippen LogP contribution in [0, 0.1) is 13.8 Å². The molecule has 1 atom stereocenters. The molecule has 5 nitrogen and oxygen atoms in total. The number of carboxylic acid groups (broad SMARTS) is 1. The highest BCUT2D eigenvalue weighted by atomic mass is 35.5. The summed E-state index contributed by atoms with van der Waals surface area (Å²) in [5.74, 6) is 0.897.